The van der Waals surface area contributed by atoms with Crippen LogP contribution in [0.4, 0.5) is 0 Å². The summed E-state index contributed by atoms with van der Waals surface area (Å²) >= 11 is 0. The first kappa shape index (κ1) is 12.3. The number of aliphatic carboxylic acids is 1. The first-order valence-electron chi connectivity index (χ1n) is 5.52. The standard InChI is InChI=1S/C14H13NO3/c16-13(17)10-14(18,11-6-2-1-3-7-11)12-8-4-5-9-15-12/h1-9,18H,10H2,(H,16,17)/p-1. The predicted octanol–water partition coefficient (Wildman–Crippen LogP) is 0.457. The van der Waals surface area contributed by atoms with E-state index in [1.165, 1.54) is 6.20 Å². The fourth-order valence-corrected chi connectivity index (χ4v) is 1.87. The van der Waals surface area contributed by atoms with Gasteiger partial charge in [-0.3, -0.25) is 4.98 Å². The second-order valence-electron chi connectivity index (χ2n) is 3.99. The van der Waals surface area contributed by atoms with Gasteiger partial charge in [0.25, 0.3) is 0 Å². The van der Waals surface area contributed by atoms with Gasteiger partial charge in [0.05, 0.1) is 5.69 Å². The zero-order valence-corrected chi connectivity index (χ0v) is 9.61. The lowest BCUT2D eigenvalue weighted by Crippen LogP contribution is -2.37. The molecule has 2 rings (SSSR count). The number of aromatic nitrogens is 1. The highest BCUT2D eigenvalue weighted by Gasteiger charge is 2.32. The molecule has 18 heavy (non-hydrogen) atoms. The van der Waals surface area contributed by atoms with Crippen molar-refractivity contribution in [1.29, 1.82) is 0 Å². The molecule has 1 unspecified atom stereocenters. The second-order valence-corrected chi connectivity index (χ2v) is 3.99. The average molecular weight is 242 g/mol. The number of hydrogen-bond acceptors (Lipinski definition) is 4. The molecule has 1 aromatic carbocycles. The Labute approximate surface area is 105 Å². The van der Waals surface area contributed by atoms with E-state index in [0.29, 0.717) is 11.3 Å². The number of aliphatic hydroxyl groups is 1. The summed E-state index contributed by atoms with van der Waals surface area (Å²) in [4.78, 5) is 14.9. The first-order valence-corrected chi connectivity index (χ1v) is 5.52. The Morgan fingerprint density at radius 2 is 1.83 bits per heavy atom. The number of rotatable bonds is 4. The molecule has 0 amide bonds. The molecule has 1 N–H and O–H groups in total. The molecular formula is C14H12NO3-. The van der Waals surface area contributed by atoms with Crippen LogP contribution in [0.5, 0.6) is 0 Å². The molecule has 0 fully saturated rings. The SMILES string of the molecule is O=C([O-])CC(O)(c1ccccc1)c1ccccn1. The van der Waals surface area contributed by atoms with Crippen LogP contribution in [-0.2, 0) is 10.4 Å². The normalized spacial score (nSPS) is 13.8. The number of carboxylic acids is 1. The first-order chi connectivity index (χ1) is 8.63. The van der Waals surface area contributed by atoms with Crippen LogP contribution >= 0.6 is 0 Å². The topological polar surface area (TPSA) is 73.2 Å². The van der Waals surface area contributed by atoms with Gasteiger partial charge in [-0.1, -0.05) is 36.4 Å². The average Bonchev–Trinajstić information content (AvgIpc) is 2.40. The van der Waals surface area contributed by atoms with Crippen molar-refractivity contribution < 1.29 is 15.0 Å². The monoisotopic (exact) mass is 242 g/mol. The van der Waals surface area contributed by atoms with Crippen LogP contribution in [-0.4, -0.2) is 16.1 Å². The van der Waals surface area contributed by atoms with Crippen molar-refractivity contribution in [2.24, 2.45) is 0 Å². The summed E-state index contributed by atoms with van der Waals surface area (Å²) in [5.74, 6) is -1.33. The third-order valence-corrected chi connectivity index (χ3v) is 2.74. The van der Waals surface area contributed by atoms with Crippen LogP contribution in [0.2, 0.25) is 0 Å². The maximum Gasteiger partial charge on any atom is 0.137 e. The molecule has 0 bridgehead atoms. The van der Waals surface area contributed by atoms with Gasteiger partial charge in [-0.25, -0.2) is 0 Å². The van der Waals surface area contributed by atoms with E-state index in [2.05, 4.69) is 4.98 Å². The van der Waals surface area contributed by atoms with E-state index >= 15 is 0 Å². The van der Waals surface area contributed by atoms with Gasteiger partial charge < -0.3 is 15.0 Å². The summed E-state index contributed by atoms with van der Waals surface area (Å²) in [6, 6.07) is 13.6. The minimum absolute atomic E-state index is 0.292. The molecule has 0 aliphatic carbocycles. The van der Waals surface area contributed by atoms with Crippen molar-refractivity contribution >= 4 is 5.97 Å². The minimum atomic E-state index is -1.67. The quantitative estimate of drug-likeness (QED) is 0.845. The second kappa shape index (κ2) is 4.98. The van der Waals surface area contributed by atoms with Crippen molar-refractivity contribution in [1.82, 2.24) is 4.98 Å². The Morgan fingerprint density at radius 1 is 1.17 bits per heavy atom. The number of carbonyl (C=O) groups excluding carboxylic acids is 1. The lowest BCUT2D eigenvalue weighted by molar-refractivity contribution is -0.309. The molecule has 4 nitrogen and oxygen atoms in total. The van der Waals surface area contributed by atoms with Crippen LogP contribution in [0.1, 0.15) is 17.7 Å². The molecule has 0 aliphatic rings. The van der Waals surface area contributed by atoms with Crippen LogP contribution in [0.15, 0.2) is 54.7 Å². The Hall–Kier alpha value is -2.20. The fourth-order valence-electron chi connectivity index (χ4n) is 1.87. The Kier molecular flexibility index (Phi) is 3.39. The van der Waals surface area contributed by atoms with Crippen molar-refractivity contribution in [3.8, 4) is 0 Å². The number of pyridine rings is 1. The van der Waals surface area contributed by atoms with Gasteiger partial charge in [-0.2, -0.15) is 0 Å². The molecule has 0 radical (unpaired) electrons. The summed E-state index contributed by atoms with van der Waals surface area (Å²) in [6.07, 6.45) is 0.979. The molecule has 1 heterocycles. The molecule has 0 spiro atoms. The van der Waals surface area contributed by atoms with Crippen LogP contribution in [0.3, 0.4) is 0 Å². The maximum atomic E-state index is 10.9. The van der Waals surface area contributed by atoms with Gasteiger partial charge in [0.2, 0.25) is 0 Å². The zero-order valence-electron chi connectivity index (χ0n) is 9.61. The van der Waals surface area contributed by atoms with E-state index in [0.717, 1.165) is 0 Å². The molecule has 0 aliphatic heterocycles. The van der Waals surface area contributed by atoms with E-state index < -0.39 is 18.0 Å². The van der Waals surface area contributed by atoms with Gasteiger partial charge in [-0.05, 0) is 17.7 Å². The van der Waals surface area contributed by atoms with E-state index in [9.17, 15) is 15.0 Å². The Bertz CT molecular complexity index is 486. The number of benzene rings is 1. The number of carboxylic acid groups (broad SMARTS) is 1. The Balaban J connectivity index is 2.51. The summed E-state index contributed by atoms with van der Waals surface area (Å²) in [5.41, 5.74) is -0.894. The molecule has 1 atom stereocenters. The third kappa shape index (κ3) is 2.38. The molecule has 0 saturated heterocycles. The van der Waals surface area contributed by atoms with Gasteiger partial charge in [-0.15, -0.1) is 0 Å². The van der Waals surface area contributed by atoms with Crippen LogP contribution in [0.25, 0.3) is 0 Å². The van der Waals surface area contributed by atoms with Crippen LogP contribution < -0.4 is 5.11 Å². The smallest absolute Gasteiger partial charge is 0.137 e. The van der Waals surface area contributed by atoms with E-state index in [4.69, 9.17) is 0 Å². The molecule has 1 aromatic heterocycles. The summed E-state index contributed by atoms with van der Waals surface area (Å²) in [5, 5.41) is 21.5. The highest BCUT2D eigenvalue weighted by Crippen LogP contribution is 2.31. The maximum absolute atomic E-state index is 10.9. The number of nitrogens with zero attached hydrogens (tertiary/aromatic N) is 1. The predicted molar refractivity (Wildman–Crippen MR) is 63.3 cm³/mol. The highest BCUT2D eigenvalue weighted by molar-refractivity contribution is 5.67. The summed E-state index contributed by atoms with van der Waals surface area (Å²) in [7, 11) is 0. The van der Waals surface area contributed by atoms with Crippen molar-refractivity contribution in [3.63, 3.8) is 0 Å². The van der Waals surface area contributed by atoms with E-state index in [1.54, 1.807) is 48.5 Å². The molecular weight excluding hydrogens is 230 g/mol. The molecule has 4 heteroatoms. The number of hydrogen-bond donors (Lipinski definition) is 1. The number of carbonyl (C=O) groups is 1. The van der Waals surface area contributed by atoms with Crippen molar-refractivity contribution in [3.05, 3.63) is 66.0 Å². The van der Waals surface area contributed by atoms with Crippen molar-refractivity contribution in [2.45, 2.75) is 12.0 Å². The van der Waals surface area contributed by atoms with E-state index in [-0.39, 0.29) is 0 Å². The van der Waals surface area contributed by atoms with Gasteiger partial charge >= 0.3 is 0 Å². The lowest BCUT2D eigenvalue weighted by Gasteiger charge is -2.28. The molecule has 92 valence electrons. The lowest BCUT2D eigenvalue weighted by atomic mass is 9.87. The van der Waals surface area contributed by atoms with E-state index in [1.807, 2.05) is 0 Å². The molecule has 2 aromatic rings. The van der Waals surface area contributed by atoms with Gasteiger partial charge in [0, 0.05) is 18.6 Å². The van der Waals surface area contributed by atoms with Gasteiger partial charge in [0.1, 0.15) is 5.60 Å². The zero-order chi connectivity index (χ0) is 13.0. The fraction of sp³-hybridized carbons (Fsp3) is 0.143. The van der Waals surface area contributed by atoms with Gasteiger partial charge in [0.15, 0.2) is 0 Å². The largest absolute Gasteiger partial charge is 0.550 e. The summed E-state index contributed by atoms with van der Waals surface area (Å²) < 4.78 is 0. The van der Waals surface area contributed by atoms with Crippen molar-refractivity contribution in [2.75, 3.05) is 0 Å². The molecule has 0 saturated carbocycles. The highest BCUT2D eigenvalue weighted by atomic mass is 16.4. The Morgan fingerprint density at radius 3 is 2.39 bits per heavy atom. The van der Waals surface area contributed by atoms with Crippen LogP contribution in [0, 0.1) is 0 Å². The summed E-state index contributed by atoms with van der Waals surface area (Å²) in [6.45, 7) is 0. The third-order valence-electron chi connectivity index (χ3n) is 2.74. The minimum Gasteiger partial charge on any atom is -0.550 e.